The van der Waals surface area contributed by atoms with Crippen molar-refractivity contribution >= 4 is 5.97 Å². The molecule has 0 saturated carbocycles. The molecule has 1 rings (SSSR count). The summed E-state index contributed by atoms with van der Waals surface area (Å²) in [4.78, 5) is 11.5. The summed E-state index contributed by atoms with van der Waals surface area (Å²) in [6, 6.07) is 8.18. The Bertz CT molecular complexity index is 357. The molecule has 2 N–H and O–H groups in total. The molecule has 100 valence electrons. The van der Waals surface area contributed by atoms with E-state index in [1.807, 2.05) is 12.1 Å². The number of hydrogen-bond acceptors (Lipinski definition) is 3. The van der Waals surface area contributed by atoms with Crippen molar-refractivity contribution in [1.29, 1.82) is 0 Å². The molecule has 0 fully saturated rings. The van der Waals surface area contributed by atoms with Crippen LogP contribution in [0.25, 0.3) is 0 Å². The van der Waals surface area contributed by atoms with E-state index in [0.717, 1.165) is 18.4 Å². The van der Waals surface area contributed by atoms with Crippen LogP contribution in [0.15, 0.2) is 24.3 Å². The topological polar surface area (TPSA) is 52.3 Å². The summed E-state index contributed by atoms with van der Waals surface area (Å²) in [6.07, 6.45) is 2.13. The van der Waals surface area contributed by atoms with Gasteiger partial charge in [0.2, 0.25) is 0 Å². The van der Waals surface area contributed by atoms with E-state index in [2.05, 4.69) is 26.0 Å². The van der Waals surface area contributed by atoms with Gasteiger partial charge in [-0.05, 0) is 36.4 Å². The molecule has 18 heavy (non-hydrogen) atoms. The van der Waals surface area contributed by atoms with E-state index < -0.39 is 0 Å². The van der Waals surface area contributed by atoms with Crippen LogP contribution in [0, 0.1) is 5.92 Å². The van der Waals surface area contributed by atoms with E-state index >= 15 is 0 Å². The summed E-state index contributed by atoms with van der Waals surface area (Å²) in [5, 5.41) is 0. The van der Waals surface area contributed by atoms with Gasteiger partial charge in [0.15, 0.2) is 0 Å². The number of carbonyl (C=O) groups excluding carboxylic acids is 1. The Balaban J connectivity index is 2.40. The van der Waals surface area contributed by atoms with Gasteiger partial charge in [-0.25, -0.2) is 0 Å². The molecule has 0 aliphatic carbocycles. The fourth-order valence-electron chi connectivity index (χ4n) is 1.75. The monoisotopic (exact) mass is 249 g/mol. The third-order valence-corrected chi connectivity index (χ3v) is 2.63. The summed E-state index contributed by atoms with van der Waals surface area (Å²) < 4.78 is 5.06. The molecule has 1 aromatic rings. The molecule has 3 nitrogen and oxygen atoms in total. The molecule has 0 aromatic heterocycles. The van der Waals surface area contributed by atoms with Gasteiger partial charge in [-0.3, -0.25) is 4.79 Å². The highest BCUT2D eigenvalue weighted by molar-refractivity contribution is 5.72. The zero-order valence-electron chi connectivity index (χ0n) is 11.3. The number of carbonyl (C=O) groups is 1. The van der Waals surface area contributed by atoms with Gasteiger partial charge in [0.25, 0.3) is 0 Å². The van der Waals surface area contributed by atoms with Crippen LogP contribution >= 0.6 is 0 Å². The lowest BCUT2D eigenvalue weighted by atomic mass is 10.0. The summed E-state index contributed by atoms with van der Waals surface area (Å²) in [5.41, 5.74) is 7.64. The largest absolute Gasteiger partial charge is 0.465 e. The van der Waals surface area contributed by atoms with Gasteiger partial charge in [-0.15, -0.1) is 0 Å². The average molecular weight is 249 g/mol. The van der Waals surface area contributed by atoms with Crippen molar-refractivity contribution in [2.75, 3.05) is 13.2 Å². The average Bonchev–Trinajstić information content (AvgIpc) is 2.31. The van der Waals surface area contributed by atoms with E-state index in [1.165, 1.54) is 5.56 Å². The number of hydrogen-bond donors (Lipinski definition) is 1. The number of esters is 1. The zero-order valence-corrected chi connectivity index (χ0v) is 11.3. The molecular weight excluding hydrogens is 226 g/mol. The first-order valence-corrected chi connectivity index (χ1v) is 6.55. The molecule has 0 atom stereocenters. The summed E-state index contributed by atoms with van der Waals surface area (Å²) >= 11 is 0. The van der Waals surface area contributed by atoms with Gasteiger partial charge in [-0.1, -0.05) is 38.1 Å². The highest BCUT2D eigenvalue weighted by atomic mass is 16.5. The van der Waals surface area contributed by atoms with Crippen molar-refractivity contribution in [3.63, 3.8) is 0 Å². The number of benzene rings is 1. The lowest BCUT2D eigenvalue weighted by Crippen LogP contribution is -2.11. The maximum atomic E-state index is 11.5. The maximum Gasteiger partial charge on any atom is 0.310 e. The first-order chi connectivity index (χ1) is 8.61. The Labute approximate surface area is 109 Å². The molecule has 0 amide bonds. The Morgan fingerprint density at radius 2 is 1.83 bits per heavy atom. The number of nitrogens with two attached hydrogens (primary N) is 1. The zero-order chi connectivity index (χ0) is 13.4. The molecule has 0 aliphatic heterocycles. The molecular formula is C15H23NO2. The second kappa shape index (κ2) is 7.88. The van der Waals surface area contributed by atoms with Gasteiger partial charge < -0.3 is 10.5 Å². The van der Waals surface area contributed by atoms with E-state index in [-0.39, 0.29) is 5.97 Å². The molecule has 0 aliphatic rings. The van der Waals surface area contributed by atoms with Crippen molar-refractivity contribution in [3.05, 3.63) is 35.4 Å². The molecule has 1 aromatic carbocycles. The van der Waals surface area contributed by atoms with Gasteiger partial charge in [0.1, 0.15) is 0 Å². The minimum atomic E-state index is -0.181. The Morgan fingerprint density at radius 3 is 2.39 bits per heavy atom. The minimum absolute atomic E-state index is 0.181. The van der Waals surface area contributed by atoms with Crippen LogP contribution in [-0.2, 0) is 22.4 Å². The molecule has 0 radical (unpaired) electrons. The predicted molar refractivity (Wildman–Crippen MR) is 73.3 cm³/mol. The van der Waals surface area contributed by atoms with Gasteiger partial charge in [0, 0.05) is 0 Å². The molecule has 0 heterocycles. The Hall–Kier alpha value is -1.35. The van der Waals surface area contributed by atoms with Crippen molar-refractivity contribution in [1.82, 2.24) is 0 Å². The van der Waals surface area contributed by atoms with Crippen molar-refractivity contribution in [2.45, 2.75) is 33.1 Å². The van der Waals surface area contributed by atoms with Crippen molar-refractivity contribution in [2.24, 2.45) is 11.7 Å². The lowest BCUT2D eigenvalue weighted by molar-refractivity contribution is -0.142. The van der Waals surface area contributed by atoms with E-state index in [9.17, 15) is 4.79 Å². The van der Waals surface area contributed by atoms with Gasteiger partial charge in [0.05, 0.1) is 13.0 Å². The number of ether oxygens (including phenoxy) is 1. The van der Waals surface area contributed by atoms with Crippen LogP contribution in [0.3, 0.4) is 0 Å². The molecule has 0 saturated heterocycles. The van der Waals surface area contributed by atoms with E-state index in [1.54, 1.807) is 0 Å². The molecule has 0 bridgehead atoms. The fraction of sp³-hybridized carbons (Fsp3) is 0.533. The first kappa shape index (κ1) is 14.7. The summed E-state index contributed by atoms with van der Waals surface area (Å²) in [5.74, 6) is 0.470. The third kappa shape index (κ3) is 5.82. The first-order valence-electron chi connectivity index (χ1n) is 6.55. The molecule has 3 heteroatoms. The van der Waals surface area contributed by atoms with Crippen LogP contribution in [0.5, 0.6) is 0 Å². The maximum absolute atomic E-state index is 11.5. The summed E-state index contributed by atoms with van der Waals surface area (Å²) in [7, 11) is 0. The van der Waals surface area contributed by atoms with E-state index in [4.69, 9.17) is 10.5 Å². The number of rotatable bonds is 7. The third-order valence-electron chi connectivity index (χ3n) is 2.63. The van der Waals surface area contributed by atoms with Gasteiger partial charge in [-0.2, -0.15) is 0 Å². The van der Waals surface area contributed by atoms with Crippen LogP contribution in [0.2, 0.25) is 0 Å². The van der Waals surface area contributed by atoms with Crippen LogP contribution < -0.4 is 5.73 Å². The van der Waals surface area contributed by atoms with Crippen molar-refractivity contribution in [3.8, 4) is 0 Å². The second-order valence-corrected chi connectivity index (χ2v) is 4.95. The predicted octanol–water partition coefficient (Wildman–Crippen LogP) is 2.32. The van der Waals surface area contributed by atoms with Crippen LogP contribution in [-0.4, -0.2) is 19.1 Å². The smallest absolute Gasteiger partial charge is 0.310 e. The SMILES string of the molecule is CC(C)Cc1ccc(CC(=O)OCCCN)cc1. The Morgan fingerprint density at radius 1 is 1.22 bits per heavy atom. The standard InChI is InChI=1S/C15H23NO2/c1-12(2)10-13-4-6-14(7-5-13)11-15(17)18-9-3-8-16/h4-7,12H,3,8-11,16H2,1-2H3. The quantitative estimate of drug-likeness (QED) is 0.596. The van der Waals surface area contributed by atoms with Crippen LogP contribution in [0.4, 0.5) is 0 Å². The Kier molecular flexibility index (Phi) is 6.44. The normalized spacial score (nSPS) is 10.7. The summed E-state index contributed by atoms with van der Waals surface area (Å²) in [6.45, 7) is 5.36. The van der Waals surface area contributed by atoms with Crippen molar-refractivity contribution < 1.29 is 9.53 Å². The van der Waals surface area contributed by atoms with Crippen LogP contribution in [0.1, 0.15) is 31.4 Å². The highest BCUT2D eigenvalue weighted by Crippen LogP contribution is 2.10. The molecule has 0 unspecified atom stereocenters. The highest BCUT2D eigenvalue weighted by Gasteiger charge is 2.05. The van der Waals surface area contributed by atoms with Gasteiger partial charge >= 0.3 is 5.97 Å². The van der Waals surface area contributed by atoms with E-state index in [0.29, 0.717) is 25.5 Å². The fourth-order valence-corrected chi connectivity index (χ4v) is 1.75. The lowest BCUT2D eigenvalue weighted by Gasteiger charge is -2.07. The second-order valence-electron chi connectivity index (χ2n) is 4.95. The molecule has 0 spiro atoms. The minimum Gasteiger partial charge on any atom is -0.465 e.